The van der Waals surface area contributed by atoms with Crippen LogP contribution >= 0.6 is 67.9 Å². The first kappa shape index (κ1) is 41.4. The van der Waals surface area contributed by atoms with Gasteiger partial charge in [0.25, 0.3) is 0 Å². The normalized spacial score (nSPS) is 15.4. The van der Waals surface area contributed by atoms with Crippen LogP contribution in [0, 0.1) is 7.14 Å². The van der Waals surface area contributed by atoms with Crippen LogP contribution in [0.1, 0.15) is 47.9 Å². The molecule has 0 radical (unpaired) electrons. The fraction of sp³-hybridized carbons (Fsp3) is 0.300. The number of aryl methyl sites for hydroxylation is 2. The van der Waals surface area contributed by atoms with E-state index in [0.717, 1.165) is 118 Å². The quantitative estimate of drug-likeness (QED) is 0.0749. The van der Waals surface area contributed by atoms with Crippen LogP contribution < -0.4 is 14.0 Å². The van der Waals surface area contributed by atoms with E-state index in [-0.39, 0.29) is 28.0 Å². The molecule has 0 fully saturated rings. The van der Waals surface area contributed by atoms with Crippen LogP contribution in [0.3, 0.4) is 0 Å². The van der Waals surface area contributed by atoms with Crippen molar-refractivity contribution in [1.82, 2.24) is 9.97 Å². The Morgan fingerprint density at radius 2 is 1.19 bits per heavy atom. The molecule has 0 aliphatic carbocycles. The summed E-state index contributed by atoms with van der Waals surface area (Å²) in [5, 5.41) is 11.9. The zero-order valence-corrected chi connectivity index (χ0v) is 38.4. The number of halogens is 2. The smallest absolute Gasteiger partial charge is 0.220 e. The second-order valence-corrected chi connectivity index (χ2v) is 19.1. The second kappa shape index (κ2) is 18.1. The first-order valence-corrected chi connectivity index (χ1v) is 23.4. The molecule has 0 amide bonds. The summed E-state index contributed by atoms with van der Waals surface area (Å²) in [6.45, 7) is 4.14. The number of phenolic OH excluding ortho intramolecular Hbond substituents is 1. The number of rotatable bonds is 6. The minimum atomic E-state index is -2.68. The van der Waals surface area contributed by atoms with E-state index in [1.165, 1.54) is 43.1 Å². The molecule has 0 bridgehead atoms. The fourth-order valence-corrected chi connectivity index (χ4v) is 11.5. The van der Waals surface area contributed by atoms with Crippen LogP contribution in [0.5, 0.6) is 11.5 Å². The SMILES string of the molecule is O=S([O-])Oc1c(N=C=Nc2nc3ccc(I)cc3s2)cc2c3c1CCCN3CCC2.Oc1c(N=C=Nc2nc3ccc(I)cc3s2)cc2c3c1CCCN3CCC2.[Ni]. The minimum Gasteiger partial charge on any atom is -0.740 e. The van der Waals surface area contributed by atoms with Crippen LogP contribution in [0.25, 0.3) is 20.4 Å². The number of fused-ring (bicyclic) bond motifs is 2. The van der Waals surface area contributed by atoms with Gasteiger partial charge in [0, 0.05) is 72.3 Å². The number of anilines is 2. The number of benzene rings is 4. The summed E-state index contributed by atoms with van der Waals surface area (Å²) in [7, 11) is 0. The molecular formula is C40H33I2N8NiO4S3-. The fourth-order valence-electron chi connectivity index (χ4n) is 8.08. The van der Waals surface area contributed by atoms with Gasteiger partial charge in [0.1, 0.15) is 40.5 Å². The van der Waals surface area contributed by atoms with Crippen molar-refractivity contribution in [3.8, 4) is 11.5 Å². The molecule has 6 aromatic rings. The Balaban J connectivity index is 0.000000160. The number of nitrogens with zero attached hydrogens (tertiary/aromatic N) is 8. The Kier molecular flexibility index (Phi) is 12.9. The van der Waals surface area contributed by atoms with Gasteiger partial charge >= 0.3 is 0 Å². The third-order valence-corrected chi connectivity index (χ3v) is 13.9. The number of aromatic nitrogens is 2. The van der Waals surface area contributed by atoms with Crippen molar-refractivity contribution in [3.63, 3.8) is 0 Å². The molecular weight excluding hydrogens is 1070 g/mol. The van der Waals surface area contributed by atoms with E-state index in [0.29, 0.717) is 21.6 Å². The molecule has 1 atom stereocenters. The molecule has 300 valence electrons. The molecule has 18 heteroatoms. The number of hydrogen-bond acceptors (Lipinski definition) is 14. The second-order valence-electron chi connectivity index (χ2n) is 14.0. The van der Waals surface area contributed by atoms with E-state index in [4.69, 9.17) is 4.18 Å². The average Bonchev–Trinajstić information content (AvgIpc) is 3.81. The van der Waals surface area contributed by atoms with Crippen molar-refractivity contribution in [2.24, 2.45) is 20.0 Å². The Morgan fingerprint density at radius 3 is 1.74 bits per heavy atom. The third-order valence-electron chi connectivity index (χ3n) is 10.4. The zero-order chi connectivity index (χ0) is 39.0. The molecule has 1 unspecified atom stereocenters. The Labute approximate surface area is 382 Å². The molecule has 0 saturated heterocycles. The maximum Gasteiger partial charge on any atom is 0.220 e. The van der Waals surface area contributed by atoms with Crippen molar-refractivity contribution < 1.29 is 34.5 Å². The maximum absolute atomic E-state index is 11.3. The summed E-state index contributed by atoms with van der Waals surface area (Å²) < 4.78 is 32.3. The van der Waals surface area contributed by atoms with Gasteiger partial charge < -0.3 is 23.6 Å². The van der Waals surface area contributed by atoms with E-state index in [1.54, 1.807) is 0 Å². The van der Waals surface area contributed by atoms with E-state index in [9.17, 15) is 13.9 Å². The van der Waals surface area contributed by atoms with Crippen LogP contribution in [-0.2, 0) is 53.5 Å². The first-order chi connectivity index (χ1) is 27.8. The summed E-state index contributed by atoms with van der Waals surface area (Å²) in [5.74, 6) is 0.567. The van der Waals surface area contributed by atoms with Crippen molar-refractivity contribution in [2.45, 2.75) is 51.4 Å². The summed E-state index contributed by atoms with van der Waals surface area (Å²) in [6.07, 6.45) is 7.90. The first-order valence-electron chi connectivity index (χ1n) is 18.6. The van der Waals surface area contributed by atoms with Gasteiger partial charge in [-0.1, -0.05) is 22.7 Å². The number of hydrogen-bond donors (Lipinski definition) is 1. The van der Waals surface area contributed by atoms with Crippen molar-refractivity contribution >= 4 is 145 Å². The number of aliphatic imine (C=N–C) groups is 4. The molecule has 4 aliphatic rings. The topological polar surface area (TPSA) is 151 Å². The predicted octanol–water partition coefficient (Wildman–Crippen LogP) is 10.3. The van der Waals surface area contributed by atoms with Crippen molar-refractivity contribution in [2.75, 3.05) is 36.0 Å². The average molecular weight is 1100 g/mol. The molecule has 0 saturated carbocycles. The summed E-state index contributed by atoms with van der Waals surface area (Å²) in [5.41, 5.74) is 9.58. The molecule has 4 aromatic carbocycles. The number of aromatic hydroxyl groups is 1. The monoisotopic (exact) mass is 1100 g/mol. The van der Waals surface area contributed by atoms with E-state index in [2.05, 4.69) is 109 Å². The van der Waals surface area contributed by atoms with Crippen molar-refractivity contribution in [1.29, 1.82) is 0 Å². The largest absolute Gasteiger partial charge is 0.740 e. The van der Waals surface area contributed by atoms with Crippen molar-refractivity contribution in [3.05, 3.63) is 77.9 Å². The molecule has 6 heterocycles. The van der Waals surface area contributed by atoms with Gasteiger partial charge in [-0.15, -0.1) is 0 Å². The van der Waals surface area contributed by atoms with Gasteiger partial charge in [0.2, 0.25) is 10.3 Å². The van der Waals surface area contributed by atoms with Gasteiger partial charge in [-0.05, 0) is 156 Å². The number of thiazole rings is 2. The van der Waals surface area contributed by atoms with E-state index in [1.807, 2.05) is 36.4 Å². The Morgan fingerprint density at radius 1 is 0.707 bits per heavy atom. The van der Waals surface area contributed by atoms with Gasteiger partial charge in [0.05, 0.1) is 20.4 Å². The van der Waals surface area contributed by atoms with E-state index < -0.39 is 11.4 Å². The minimum absolute atomic E-state index is 0. The maximum atomic E-state index is 11.3. The summed E-state index contributed by atoms with van der Waals surface area (Å²) in [6, 6.07) is 21.5. The molecule has 0 spiro atoms. The molecule has 12 nitrogen and oxygen atoms in total. The zero-order valence-electron chi connectivity index (χ0n) is 30.7. The molecule has 2 aromatic heterocycles. The van der Waals surface area contributed by atoms with E-state index >= 15 is 0 Å². The third kappa shape index (κ3) is 8.77. The molecule has 4 aliphatic heterocycles. The van der Waals surface area contributed by atoms with Crippen LogP contribution in [0.4, 0.5) is 33.0 Å². The summed E-state index contributed by atoms with van der Waals surface area (Å²) in [4.78, 5) is 30.9. The standard InChI is InChI=1S/C20H17IN4O3S2.C20H17IN4OS.Ni/c21-13-5-6-15-17(10-13)29-20(24-15)23-11-22-16-9-12-3-1-7-25-8-2-4-14(18(12)25)19(16)28-30(26)27;21-13-5-6-15-17(10-13)27-20(24-15)23-11-22-16-9-12-3-1-7-25-8-2-4-14(18(12)25)19(16)26;/h5-6,9-10H,1-4,7-8H2,(H,26,27);5-6,9-10,26H,1-4,7-8H2;/p-1. The molecule has 58 heavy (non-hydrogen) atoms. The van der Waals surface area contributed by atoms with Gasteiger partial charge in [-0.2, -0.15) is 20.0 Å². The van der Waals surface area contributed by atoms with Gasteiger partial charge in [0.15, 0.2) is 5.75 Å². The van der Waals surface area contributed by atoms with Gasteiger partial charge in [-0.25, -0.2) is 14.2 Å². The van der Waals surface area contributed by atoms with Crippen LogP contribution in [-0.4, -0.2) is 62.0 Å². The predicted molar refractivity (Wildman–Crippen MR) is 245 cm³/mol. The summed E-state index contributed by atoms with van der Waals surface area (Å²) >= 11 is 4.85. The molecule has 1 N–H and O–H groups in total. The van der Waals surface area contributed by atoms with Crippen LogP contribution in [0.2, 0.25) is 0 Å². The Bertz CT molecular complexity index is 2730. The number of phenols is 1. The molecule has 10 rings (SSSR count). The Hall–Kier alpha value is -3.32. The van der Waals surface area contributed by atoms with Gasteiger partial charge in [-0.3, -0.25) is 0 Å². The van der Waals surface area contributed by atoms with Crippen LogP contribution in [0.15, 0.2) is 68.5 Å².